The number of ether oxygens (including phenoxy) is 1. The van der Waals surface area contributed by atoms with E-state index in [0.29, 0.717) is 12.1 Å². The van der Waals surface area contributed by atoms with Crippen LogP contribution in [0.25, 0.3) is 0 Å². The highest BCUT2D eigenvalue weighted by molar-refractivity contribution is 4.86. The quantitative estimate of drug-likeness (QED) is 0.704. The molecule has 0 aromatic heterocycles. The molecular weight excluding hydrogens is 248 g/mol. The van der Waals surface area contributed by atoms with Crippen molar-refractivity contribution in [2.75, 3.05) is 33.9 Å². The molecule has 1 aliphatic carbocycles. The first-order chi connectivity index (χ1) is 9.65. The van der Waals surface area contributed by atoms with Crippen LogP contribution in [0.15, 0.2) is 0 Å². The zero-order chi connectivity index (χ0) is 15.0. The minimum atomic E-state index is 0.522. The minimum Gasteiger partial charge on any atom is -0.383 e. The summed E-state index contributed by atoms with van der Waals surface area (Å²) in [6, 6.07) is 1.22. The fourth-order valence-corrected chi connectivity index (χ4v) is 3.88. The second kappa shape index (κ2) is 9.75. The summed E-state index contributed by atoms with van der Waals surface area (Å²) in [5.74, 6) is 1.75. The van der Waals surface area contributed by atoms with Crippen LogP contribution >= 0.6 is 0 Å². The molecule has 120 valence electrons. The van der Waals surface area contributed by atoms with E-state index in [1.165, 1.54) is 38.6 Å². The van der Waals surface area contributed by atoms with E-state index in [-0.39, 0.29) is 0 Å². The first-order valence-corrected chi connectivity index (χ1v) is 8.56. The topological polar surface area (TPSA) is 24.5 Å². The predicted octanol–water partition coefficient (Wildman–Crippen LogP) is 3.15. The average Bonchev–Trinajstić information content (AvgIpc) is 2.45. The lowest BCUT2D eigenvalue weighted by Crippen LogP contribution is -2.47. The molecule has 0 aromatic carbocycles. The maximum atomic E-state index is 5.33. The van der Waals surface area contributed by atoms with Gasteiger partial charge in [0, 0.05) is 25.7 Å². The van der Waals surface area contributed by atoms with Crippen molar-refractivity contribution in [3.05, 3.63) is 0 Å². The molecule has 20 heavy (non-hydrogen) atoms. The van der Waals surface area contributed by atoms with Crippen molar-refractivity contribution in [2.24, 2.45) is 11.8 Å². The third kappa shape index (κ3) is 5.34. The van der Waals surface area contributed by atoms with Crippen molar-refractivity contribution < 1.29 is 4.74 Å². The van der Waals surface area contributed by atoms with Crippen molar-refractivity contribution in [1.82, 2.24) is 10.2 Å². The smallest absolute Gasteiger partial charge is 0.0615 e. The van der Waals surface area contributed by atoms with E-state index in [1.807, 2.05) is 0 Å². The van der Waals surface area contributed by atoms with E-state index in [1.54, 1.807) is 7.11 Å². The highest BCUT2D eigenvalue weighted by Crippen LogP contribution is 2.33. The molecule has 0 amide bonds. The molecule has 3 nitrogen and oxygen atoms in total. The van der Waals surface area contributed by atoms with Crippen molar-refractivity contribution in [3.63, 3.8) is 0 Å². The van der Waals surface area contributed by atoms with E-state index >= 15 is 0 Å². The summed E-state index contributed by atoms with van der Waals surface area (Å²) in [6.45, 7) is 10.0. The van der Waals surface area contributed by atoms with Crippen LogP contribution in [-0.2, 0) is 4.74 Å². The van der Waals surface area contributed by atoms with Gasteiger partial charge in [-0.05, 0) is 51.6 Å². The van der Waals surface area contributed by atoms with Gasteiger partial charge in [0.1, 0.15) is 0 Å². The Kier molecular flexibility index (Phi) is 8.74. The van der Waals surface area contributed by atoms with E-state index in [0.717, 1.165) is 25.0 Å². The Balaban J connectivity index is 2.58. The molecule has 1 fully saturated rings. The van der Waals surface area contributed by atoms with Crippen LogP contribution in [-0.4, -0.2) is 50.8 Å². The van der Waals surface area contributed by atoms with Crippen molar-refractivity contribution in [2.45, 2.75) is 65.0 Å². The SMILES string of the molecule is CCCC1CCC(NC)C(CN(CC)C(C)COC)C1. The van der Waals surface area contributed by atoms with Gasteiger partial charge in [0.2, 0.25) is 0 Å². The molecular formula is C17H36N2O. The maximum Gasteiger partial charge on any atom is 0.0615 e. The van der Waals surface area contributed by atoms with Gasteiger partial charge >= 0.3 is 0 Å². The van der Waals surface area contributed by atoms with Gasteiger partial charge in [-0.15, -0.1) is 0 Å². The molecule has 1 rings (SSSR count). The van der Waals surface area contributed by atoms with Crippen LogP contribution < -0.4 is 5.32 Å². The van der Waals surface area contributed by atoms with E-state index in [9.17, 15) is 0 Å². The Labute approximate surface area is 126 Å². The van der Waals surface area contributed by atoms with E-state index < -0.39 is 0 Å². The summed E-state index contributed by atoms with van der Waals surface area (Å²) >= 11 is 0. The molecule has 1 aliphatic rings. The lowest BCUT2D eigenvalue weighted by Gasteiger charge is -2.40. The third-order valence-electron chi connectivity index (χ3n) is 5.07. The van der Waals surface area contributed by atoms with Crippen LogP contribution in [0.1, 0.15) is 52.9 Å². The molecule has 0 aromatic rings. The fourth-order valence-electron chi connectivity index (χ4n) is 3.88. The first kappa shape index (κ1) is 17.9. The Morgan fingerprint density at radius 3 is 2.60 bits per heavy atom. The fraction of sp³-hybridized carbons (Fsp3) is 1.00. The first-order valence-electron chi connectivity index (χ1n) is 8.56. The van der Waals surface area contributed by atoms with E-state index in [4.69, 9.17) is 4.74 Å². The molecule has 0 heterocycles. The molecule has 0 saturated heterocycles. The number of methoxy groups -OCH3 is 1. The number of nitrogens with one attached hydrogen (secondary N) is 1. The minimum absolute atomic E-state index is 0.522. The third-order valence-corrected chi connectivity index (χ3v) is 5.07. The summed E-state index contributed by atoms with van der Waals surface area (Å²) in [5.41, 5.74) is 0. The molecule has 0 bridgehead atoms. The largest absolute Gasteiger partial charge is 0.383 e. The van der Waals surface area contributed by atoms with Gasteiger partial charge in [0.05, 0.1) is 6.61 Å². The molecule has 1 saturated carbocycles. The zero-order valence-electron chi connectivity index (χ0n) is 14.3. The lowest BCUT2D eigenvalue weighted by molar-refractivity contribution is 0.0715. The Morgan fingerprint density at radius 1 is 1.30 bits per heavy atom. The summed E-state index contributed by atoms with van der Waals surface area (Å²) in [7, 11) is 3.94. The number of rotatable bonds is 9. The normalized spacial score (nSPS) is 28.8. The Hall–Kier alpha value is -0.120. The highest BCUT2D eigenvalue weighted by atomic mass is 16.5. The summed E-state index contributed by atoms with van der Waals surface area (Å²) in [4.78, 5) is 2.59. The molecule has 0 aliphatic heterocycles. The van der Waals surface area contributed by atoms with Gasteiger partial charge in [0.15, 0.2) is 0 Å². The summed E-state index contributed by atoms with van der Waals surface area (Å²) in [6.07, 6.45) is 6.90. The average molecular weight is 284 g/mol. The van der Waals surface area contributed by atoms with Gasteiger partial charge in [-0.1, -0.05) is 26.7 Å². The molecule has 1 N–H and O–H groups in total. The highest BCUT2D eigenvalue weighted by Gasteiger charge is 2.31. The summed E-state index contributed by atoms with van der Waals surface area (Å²) in [5, 5.41) is 3.56. The monoisotopic (exact) mass is 284 g/mol. The van der Waals surface area contributed by atoms with Gasteiger partial charge in [0.25, 0.3) is 0 Å². The van der Waals surface area contributed by atoms with Gasteiger partial charge < -0.3 is 10.1 Å². The number of hydrogen-bond acceptors (Lipinski definition) is 3. The zero-order valence-corrected chi connectivity index (χ0v) is 14.3. The van der Waals surface area contributed by atoms with Crippen LogP contribution in [0.4, 0.5) is 0 Å². The van der Waals surface area contributed by atoms with E-state index in [2.05, 4.69) is 38.0 Å². The molecule has 0 spiro atoms. The van der Waals surface area contributed by atoms with Crippen LogP contribution in [0, 0.1) is 11.8 Å². The maximum absolute atomic E-state index is 5.33. The van der Waals surface area contributed by atoms with Crippen molar-refractivity contribution in [3.8, 4) is 0 Å². The van der Waals surface area contributed by atoms with Crippen molar-refractivity contribution >= 4 is 0 Å². The number of hydrogen-bond donors (Lipinski definition) is 1. The van der Waals surface area contributed by atoms with Crippen molar-refractivity contribution in [1.29, 1.82) is 0 Å². The van der Waals surface area contributed by atoms with Gasteiger partial charge in [-0.25, -0.2) is 0 Å². The lowest BCUT2D eigenvalue weighted by atomic mass is 9.76. The molecule has 4 atom stereocenters. The predicted molar refractivity (Wildman–Crippen MR) is 87.2 cm³/mol. The van der Waals surface area contributed by atoms with Gasteiger partial charge in [-0.2, -0.15) is 0 Å². The van der Waals surface area contributed by atoms with Crippen LogP contribution in [0.5, 0.6) is 0 Å². The van der Waals surface area contributed by atoms with Crippen LogP contribution in [0.3, 0.4) is 0 Å². The second-order valence-electron chi connectivity index (χ2n) is 6.51. The van der Waals surface area contributed by atoms with Gasteiger partial charge in [-0.3, -0.25) is 4.90 Å². The Bertz CT molecular complexity index is 243. The standard InChI is InChI=1S/C17H36N2O/c1-6-8-15-9-10-17(18-4)16(11-15)12-19(7-2)14(3)13-20-5/h14-18H,6-13H2,1-5H3. The number of nitrogens with zero attached hydrogens (tertiary/aromatic N) is 1. The molecule has 3 heteroatoms. The number of likely N-dealkylation sites (N-methyl/N-ethyl adjacent to an activating group) is 1. The Morgan fingerprint density at radius 2 is 2.05 bits per heavy atom. The second-order valence-corrected chi connectivity index (χ2v) is 6.51. The van der Waals surface area contributed by atoms with Crippen LogP contribution in [0.2, 0.25) is 0 Å². The summed E-state index contributed by atoms with van der Waals surface area (Å²) < 4.78 is 5.33. The molecule has 0 radical (unpaired) electrons. The molecule has 4 unspecified atom stereocenters.